The number of aliphatic hydroxyl groups is 1. The molecule has 0 bridgehead atoms. The molecule has 0 aliphatic rings. The van der Waals surface area contributed by atoms with Crippen LogP contribution in [0.1, 0.15) is 31.1 Å². The molecule has 0 saturated carbocycles. The molecule has 0 aromatic heterocycles. The smallest absolute Gasteiger partial charge is 0.323 e. The van der Waals surface area contributed by atoms with Gasteiger partial charge in [0.1, 0.15) is 5.54 Å². The average Bonchev–Trinajstić information content (AvgIpc) is 2.60. The van der Waals surface area contributed by atoms with E-state index >= 15 is 0 Å². The number of rotatable bonds is 5. The highest BCUT2D eigenvalue weighted by Gasteiger charge is 2.28. The van der Waals surface area contributed by atoms with E-state index in [1.54, 1.807) is 6.92 Å². The number of benzene rings is 2. The first-order chi connectivity index (χ1) is 12.8. The number of carboxylic acid groups (broad SMARTS) is 1. The summed E-state index contributed by atoms with van der Waals surface area (Å²) in [7, 11) is 0. The van der Waals surface area contributed by atoms with Gasteiger partial charge in [0.15, 0.2) is 23.0 Å². The lowest BCUT2D eigenvalue weighted by Crippen LogP contribution is -2.46. The molecule has 0 heterocycles. The maximum atomic E-state index is 10.7. The lowest BCUT2D eigenvalue weighted by molar-refractivity contribution is -0.142. The van der Waals surface area contributed by atoms with E-state index in [1.165, 1.54) is 43.3 Å². The Morgan fingerprint density at radius 2 is 1.50 bits per heavy atom. The van der Waals surface area contributed by atoms with Gasteiger partial charge in [-0.1, -0.05) is 12.1 Å². The minimum Gasteiger partial charge on any atom is -0.504 e. The fourth-order valence-corrected chi connectivity index (χ4v) is 2.21. The SMILES string of the molecule is C[C@H](N)[C@H](O)c1ccc(O)c(O)c1.C[C@](N)(Cc1ccc(O)c(O)c1)C(=O)O. The maximum absolute atomic E-state index is 10.7. The first-order valence-corrected chi connectivity index (χ1v) is 8.33. The van der Waals surface area contributed by atoms with Gasteiger partial charge >= 0.3 is 5.97 Å². The monoisotopic (exact) mass is 394 g/mol. The molecule has 154 valence electrons. The second-order valence-electron chi connectivity index (χ2n) is 6.77. The number of aliphatic carboxylic acids is 1. The Bertz CT molecular complexity index is 822. The van der Waals surface area contributed by atoms with E-state index in [0.29, 0.717) is 11.1 Å². The fraction of sp³-hybridized carbons (Fsp3) is 0.316. The zero-order valence-corrected chi connectivity index (χ0v) is 15.6. The van der Waals surface area contributed by atoms with Crippen LogP contribution in [0, 0.1) is 0 Å². The molecule has 0 fully saturated rings. The van der Waals surface area contributed by atoms with Crippen molar-refractivity contribution >= 4 is 5.97 Å². The number of aliphatic hydroxyl groups excluding tert-OH is 1. The molecular weight excluding hydrogens is 368 g/mol. The van der Waals surface area contributed by atoms with Crippen LogP contribution in [0.3, 0.4) is 0 Å². The second-order valence-corrected chi connectivity index (χ2v) is 6.77. The molecular formula is C19H26N2O7. The van der Waals surface area contributed by atoms with E-state index in [4.69, 9.17) is 31.9 Å². The van der Waals surface area contributed by atoms with Gasteiger partial charge in [-0.05, 0) is 49.2 Å². The van der Waals surface area contributed by atoms with Gasteiger partial charge in [-0.3, -0.25) is 4.79 Å². The lowest BCUT2D eigenvalue weighted by atomic mass is 9.94. The third-order valence-corrected chi connectivity index (χ3v) is 3.94. The molecule has 0 spiro atoms. The van der Waals surface area contributed by atoms with E-state index in [9.17, 15) is 15.0 Å². The molecule has 0 unspecified atom stereocenters. The van der Waals surface area contributed by atoms with Gasteiger partial charge in [0, 0.05) is 12.5 Å². The quantitative estimate of drug-likeness (QED) is 0.341. The summed E-state index contributed by atoms with van der Waals surface area (Å²) in [6.07, 6.45) is -0.748. The van der Waals surface area contributed by atoms with Crippen molar-refractivity contribution in [3.63, 3.8) is 0 Å². The summed E-state index contributed by atoms with van der Waals surface area (Å²) in [4.78, 5) is 10.7. The van der Waals surface area contributed by atoms with Crippen molar-refractivity contribution in [1.82, 2.24) is 0 Å². The van der Waals surface area contributed by atoms with E-state index < -0.39 is 23.7 Å². The van der Waals surface area contributed by atoms with Crippen LogP contribution in [0.5, 0.6) is 23.0 Å². The first-order valence-electron chi connectivity index (χ1n) is 8.33. The highest BCUT2D eigenvalue weighted by molar-refractivity contribution is 5.78. The van der Waals surface area contributed by atoms with Crippen molar-refractivity contribution in [1.29, 1.82) is 0 Å². The number of carboxylic acids is 1. The predicted octanol–water partition coefficient (Wildman–Crippen LogP) is 0.921. The van der Waals surface area contributed by atoms with E-state index in [0.717, 1.165) is 0 Å². The van der Waals surface area contributed by atoms with Crippen LogP contribution in [0.2, 0.25) is 0 Å². The van der Waals surface area contributed by atoms with Gasteiger partial charge in [0.25, 0.3) is 0 Å². The molecule has 2 rings (SSSR count). The van der Waals surface area contributed by atoms with Crippen molar-refractivity contribution < 1.29 is 35.4 Å². The Kier molecular flexibility index (Phi) is 7.62. The normalized spacial score (nSPS) is 14.9. The lowest BCUT2D eigenvalue weighted by Gasteiger charge is -2.19. The number of carbonyl (C=O) groups is 1. The van der Waals surface area contributed by atoms with Crippen LogP contribution < -0.4 is 11.5 Å². The molecule has 10 N–H and O–H groups in total. The van der Waals surface area contributed by atoms with Gasteiger partial charge in [-0.2, -0.15) is 0 Å². The molecule has 0 saturated heterocycles. The number of phenols is 4. The minimum atomic E-state index is -1.39. The largest absolute Gasteiger partial charge is 0.504 e. The Morgan fingerprint density at radius 1 is 1.00 bits per heavy atom. The molecule has 3 atom stereocenters. The van der Waals surface area contributed by atoms with Gasteiger partial charge in [0.2, 0.25) is 0 Å². The van der Waals surface area contributed by atoms with Crippen molar-refractivity contribution in [3.05, 3.63) is 47.5 Å². The van der Waals surface area contributed by atoms with E-state index in [-0.39, 0.29) is 29.4 Å². The average molecular weight is 394 g/mol. The number of aromatic hydroxyl groups is 4. The number of phenolic OH excluding ortho intramolecular Hbond substituents is 4. The highest BCUT2D eigenvalue weighted by Crippen LogP contribution is 2.28. The van der Waals surface area contributed by atoms with Crippen LogP contribution in [-0.4, -0.2) is 48.2 Å². The molecule has 28 heavy (non-hydrogen) atoms. The van der Waals surface area contributed by atoms with Crippen LogP contribution in [0.25, 0.3) is 0 Å². The summed E-state index contributed by atoms with van der Waals surface area (Å²) in [5.41, 5.74) is 10.7. The summed E-state index contributed by atoms with van der Waals surface area (Å²) in [5, 5.41) is 54.7. The number of nitrogens with two attached hydrogens (primary N) is 2. The van der Waals surface area contributed by atoms with Crippen LogP contribution in [-0.2, 0) is 11.2 Å². The summed E-state index contributed by atoms with van der Waals surface area (Å²) >= 11 is 0. The third kappa shape index (κ3) is 6.31. The Morgan fingerprint density at radius 3 is 1.93 bits per heavy atom. The third-order valence-electron chi connectivity index (χ3n) is 3.94. The number of hydrogen-bond acceptors (Lipinski definition) is 8. The molecule has 9 nitrogen and oxygen atoms in total. The molecule has 0 aliphatic heterocycles. The zero-order valence-electron chi connectivity index (χ0n) is 15.6. The van der Waals surface area contributed by atoms with E-state index in [2.05, 4.69) is 0 Å². The molecule has 0 radical (unpaired) electrons. The van der Waals surface area contributed by atoms with Crippen LogP contribution in [0.15, 0.2) is 36.4 Å². The summed E-state index contributed by atoms with van der Waals surface area (Å²) in [6, 6.07) is 7.82. The van der Waals surface area contributed by atoms with Crippen LogP contribution in [0.4, 0.5) is 0 Å². The Balaban J connectivity index is 0.000000283. The summed E-state index contributed by atoms with van der Waals surface area (Å²) in [6.45, 7) is 3.05. The maximum Gasteiger partial charge on any atom is 0.323 e. The summed E-state index contributed by atoms with van der Waals surface area (Å²) < 4.78 is 0. The van der Waals surface area contributed by atoms with Crippen molar-refractivity contribution in [3.8, 4) is 23.0 Å². The topological polar surface area (TPSA) is 190 Å². The van der Waals surface area contributed by atoms with Gasteiger partial charge in [-0.25, -0.2) is 0 Å². The van der Waals surface area contributed by atoms with E-state index in [1.807, 2.05) is 0 Å². The second kappa shape index (κ2) is 9.27. The highest BCUT2D eigenvalue weighted by atomic mass is 16.4. The molecule has 9 heteroatoms. The Labute approximate surface area is 162 Å². The zero-order chi connectivity index (χ0) is 21.6. The summed E-state index contributed by atoms with van der Waals surface area (Å²) in [5.74, 6) is -2.10. The number of hydrogen-bond donors (Lipinski definition) is 8. The van der Waals surface area contributed by atoms with Crippen molar-refractivity contribution in [2.24, 2.45) is 11.5 Å². The van der Waals surface area contributed by atoms with Crippen LogP contribution >= 0.6 is 0 Å². The molecule has 2 aromatic carbocycles. The molecule has 0 aliphatic carbocycles. The fourth-order valence-electron chi connectivity index (χ4n) is 2.21. The molecule has 2 aromatic rings. The first kappa shape index (κ1) is 23.0. The Hall–Kier alpha value is -3.01. The van der Waals surface area contributed by atoms with Crippen molar-refractivity contribution in [2.75, 3.05) is 0 Å². The van der Waals surface area contributed by atoms with Crippen molar-refractivity contribution in [2.45, 2.75) is 38.0 Å². The standard InChI is InChI=1S/C10H13NO4.C9H13NO3/c1-10(11,9(14)15)5-6-2-3-7(12)8(13)4-6;1-5(10)9(13)6-2-3-7(11)8(12)4-6/h2-4,12-13H,5,11H2,1H3,(H,14,15);2-5,9,11-13H,10H2,1H3/t10-;5-,9-/m00/s1. The van der Waals surface area contributed by atoms with Gasteiger partial charge in [-0.15, -0.1) is 0 Å². The predicted molar refractivity (Wildman–Crippen MR) is 102 cm³/mol. The van der Waals surface area contributed by atoms with Gasteiger partial charge in [0.05, 0.1) is 6.10 Å². The minimum absolute atomic E-state index is 0.0795. The molecule has 0 amide bonds. The van der Waals surface area contributed by atoms with Gasteiger partial charge < -0.3 is 42.1 Å².